The molecule has 0 fully saturated rings. The van der Waals surface area contributed by atoms with E-state index in [0.29, 0.717) is 18.4 Å². The van der Waals surface area contributed by atoms with Crippen LogP contribution in [0.4, 0.5) is 0 Å². The maximum absolute atomic E-state index is 13.2. The fraction of sp³-hybridized carbons (Fsp3) is 0.219. The summed E-state index contributed by atoms with van der Waals surface area (Å²) in [6, 6.07) is 20.5. The van der Waals surface area contributed by atoms with E-state index in [1.54, 1.807) is 6.07 Å². The van der Waals surface area contributed by atoms with E-state index in [4.69, 9.17) is 4.74 Å². The Bertz CT molecular complexity index is 1820. The number of aryl methyl sites for hydroxylation is 2. The number of aliphatic carboxylic acids is 1. The molecule has 0 aliphatic heterocycles. The van der Waals surface area contributed by atoms with Gasteiger partial charge in [0.15, 0.2) is 0 Å². The standard InChI is InChI=1S/C32H28N2O7S.Na.2H2O/c1-41-26-15-12-21(16-27(26)42(38,39)40)30-24-13-10-19-6-2-4-8-22(19)31(24)34(18-28(35)33-17-29(36)37)32-23-9-5-3-7-20(23)11-14-25(30)32;;;/h2-9,12,15-16H,10-11,13-14,17-18H2,1H3,(H2-,33,35,36,37,38,39,40);;2*1H2/q;+1;;/p-1. The number of rotatable bonds is 7. The number of benzene rings is 3. The molecule has 1 amide bonds. The number of hydrogen-bond donors (Lipinski definition) is 1. The predicted molar refractivity (Wildman–Crippen MR) is 158 cm³/mol. The molecule has 11 nitrogen and oxygen atoms in total. The molecule has 0 bridgehead atoms. The van der Waals surface area contributed by atoms with E-state index >= 15 is 0 Å². The van der Waals surface area contributed by atoms with Gasteiger partial charge in [0, 0.05) is 27.8 Å². The Morgan fingerprint density at radius 2 is 1.40 bits per heavy atom. The number of nitrogens with zero attached hydrogens (tertiary/aromatic N) is 1. The Balaban J connectivity index is 0.00000184. The van der Waals surface area contributed by atoms with Crippen molar-refractivity contribution in [2.75, 3.05) is 13.7 Å². The van der Waals surface area contributed by atoms with Crippen LogP contribution in [0, 0.1) is 0 Å². The second-order valence-electron chi connectivity index (χ2n) is 10.4. The first-order valence-electron chi connectivity index (χ1n) is 13.6. The maximum atomic E-state index is 13.2. The summed E-state index contributed by atoms with van der Waals surface area (Å²) in [6.07, 6.45) is 2.68. The number of ether oxygens (including phenoxy) is 1. The van der Waals surface area contributed by atoms with Crippen molar-refractivity contribution < 1.29 is 77.5 Å². The Morgan fingerprint density at radius 1 is 0.867 bits per heavy atom. The minimum absolute atomic E-state index is 0. The van der Waals surface area contributed by atoms with Crippen LogP contribution >= 0.6 is 0 Å². The van der Waals surface area contributed by atoms with Gasteiger partial charge in [-0.05, 0) is 66.6 Å². The molecule has 5 N–H and O–H groups in total. The van der Waals surface area contributed by atoms with Gasteiger partial charge in [0.25, 0.3) is 5.91 Å². The van der Waals surface area contributed by atoms with Crippen LogP contribution in [0.5, 0.6) is 5.75 Å². The molecule has 230 valence electrons. The SMILES string of the molecule is COc1ccc(-c2c3c([n+](CC(=O)NCC(=O)[O-])c4c2CCc2ccccc2-4)-c2ccccc2CC3)cc1S(=O)(=O)[O-].O.O.[Na+]. The summed E-state index contributed by atoms with van der Waals surface area (Å²) in [7, 11) is -3.52. The Kier molecular flexibility index (Phi) is 11.3. The van der Waals surface area contributed by atoms with Gasteiger partial charge in [-0.1, -0.05) is 42.5 Å². The molecular weight excluding hydrogens is 611 g/mol. The van der Waals surface area contributed by atoms with Crippen LogP contribution in [-0.2, 0) is 51.9 Å². The average Bonchev–Trinajstić information content (AvgIpc) is 2.98. The van der Waals surface area contributed by atoms with Crippen molar-refractivity contribution >= 4 is 22.0 Å². The number of fused-ring (bicyclic) bond motifs is 6. The molecule has 6 rings (SSSR count). The molecule has 0 spiro atoms. The second kappa shape index (κ2) is 14.2. The summed E-state index contributed by atoms with van der Waals surface area (Å²) >= 11 is 0. The molecule has 2 aliphatic carbocycles. The first-order valence-corrected chi connectivity index (χ1v) is 15.0. The van der Waals surface area contributed by atoms with Crippen molar-refractivity contribution in [1.82, 2.24) is 5.32 Å². The van der Waals surface area contributed by atoms with E-state index in [2.05, 4.69) is 5.32 Å². The minimum Gasteiger partial charge on any atom is -0.744 e. The van der Waals surface area contributed by atoms with E-state index in [1.165, 1.54) is 19.2 Å². The van der Waals surface area contributed by atoms with E-state index in [1.807, 2.05) is 53.1 Å². The van der Waals surface area contributed by atoms with Crippen LogP contribution in [0.2, 0.25) is 0 Å². The molecule has 0 unspecified atom stereocenters. The summed E-state index contributed by atoms with van der Waals surface area (Å²) in [5.41, 5.74) is 8.93. The van der Waals surface area contributed by atoms with Crippen molar-refractivity contribution in [3.8, 4) is 39.4 Å². The fourth-order valence-electron chi connectivity index (χ4n) is 6.32. The molecule has 13 heteroatoms. The molecular formula is C32H31N2NaO9S. The normalized spacial score (nSPS) is 12.4. The number of carbonyl (C=O) groups is 2. The number of carboxylic acids is 1. The zero-order chi connectivity index (χ0) is 29.6. The molecule has 0 atom stereocenters. The van der Waals surface area contributed by atoms with Crippen LogP contribution in [-0.4, -0.2) is 49.5 Å². The molecule has 3 aromatic carbocycles. The topological polar surface area (TPSA) is 203 Å². The fourth-order valence-corrected chi connectivity index (χ4v) is 6.99. The molecule has 0 saturated carbocycles. The Labute approximate surface area is 282 Å². The van der Waals surface area contributed by atoms with Gasteiger partial charge in [-0.2, -0.15) is 4.57 Å². The van der Waals surface area contributed by atoms with E-state index < -0.39 is 33.4 Å². The van der Waals surface area contributed by atoms with Gasteiger partial charge in [-0.15, -0.1) is 0 Å². The van der Waals surface area contributed by atoms with E-state index in [9.17, 15) is 27.7 Å². The third-order valence-electron chi connectivity index (χ3n) is 8.00. The van der Waals surface area contributed by atoms with Crippen molar-refractivity contribution in [3.05, 3.63) is 89.0 Å². The smallest absolute Gasteiger partial charge is 0.744 e. The number of pyridine rings is 1. The Hall–Kier alpha value is -3.62. The van der Waals surface area contributed by atoms with Crippen molar-refractivity contribution in [3.63, 3.8) is 0 Å². The summed E-state index contributed by atoms with van der Waals surface area (Å²) < 4.78 is 43.9. The van der Waals surface area contributed by atoms with Gasteiger partial charge >= 0.3 is 29.6 Å². The molecule has 0 saturated heterocycles. The van der Waals surface area contributed by atoms with Crippen molar-refractivity contribution in [2.45, 2.75) is 37.1 Å². The summed E-state index contributed by atoms with van der Waals surface area (Å²) in [5.74, 6) is -1.88. The summed E-state index contributed by atoms with van der Waals surface area (Å²) in [5, 5.41) is 13.5. The van der Waals surface area contributed by atoms with Crippen LogP contribution in [0.3, 0.4) is 0 Å². The predicted octanol–water partition coefficient (Wildman–Crippen LogP) is -2.69. The molecule has 1 aromatic heterocycles. The number of aromatic nitrogens is 1. The maximum Gasteiger partial charge on any atom is 1.00 e. The zero-order valence-corrected chi connectivity index (χ0v) is 27.6. The first-order chi connectivity index (χ1) is 20.2. The van der Waals surface area contributed by atoms with E-state index in [0.717, 1.165) is 63.2 Å². The van der Waals surface area contributed by atoms with Crippen molar-refractivity contribution in [2.24, 2.45) is 0 Å². The molecule has 1 heterocycles. The van der Waals surface area contributed by atoms with Crippen LogP contribution in [0.1, 0.15) is 22.3 Å². The van der Waals surface area contributed by atoms with Crippen LogP contribution < -0.4 is 49.3 Å². The molecule has 45 heavy (non-hydrogen) atoms. The quantitative estimate of drug-likeness (QED) is 0.128. The first kappa shape index (κ1) is 35.9. The Morgan fingerprint density at radius 3 is 1.89 bits per heavy atom. The number of nitrogens with one attached hydrogen (secondary N) is 1. The number of carboxylic acid groups (broad SMARTS) is 1. The zero-order valence-electron chi connectivity index (χ0n) is 24.8. The monoisotopic (exact) mass is 642 g/mol. The van der Waals surface area contributed by atoms with Gasteiger partial charge in [0.2, 0.25) is 17.9 Å². The number of methoxy groups -OCH3 is 1. The third kappa shape index (κ3) is 6.68. The van der Waals surface area contributed by atoms with Gasteiger partial charge in [-0.25, -0.2) is 8.42 Å². The minimum atomic E-state index is -4.84. The number of carbonyl (C=O) groups excluding carboxylic acids is 2. The van der Waals surface area contributed by atoms with Crippen LogP contribution in [0.15, 0.2) is 71.6 Å². The van der Waals surface area contributed by atoms with Gasteiger partial charge in [0.05, 0.1) is 24.5 Å². The molecule has 0 radical (unpaired) electrons. The van der Waals surface area contributed by atoms with Crippen LogP contribution in [0.25, 0.3) is 33.6 Å². The average molecular weight is 643 g/mol. The summed E-state index contributed by atoms with van der Waals surface area (Å²) in [6.45, 7) is -0.739. The van der Waals surface area contributed by atoms with Crippen molar-refractivity contribution in [1.29, 1.82) is 0 Å². The molecule has 2 aliphatic rings. The van der Waals surface area contributed by atoms with Gasteiger partial charge in [0.1, 0.15) is 15.9 Å². The van der Waals surface area contributed by atoms with Gasteiger partial charge in [-0.3, -0.25) is 4.79 Å². The largest absolute Gasteiger partial charge is 1.00 e. The number of hydrogen-bond acceptors (Lipinski definition) is 7. The second-order valence-corrected chi connectivity index (χ2v) is 11.7. The molecule has 4 aromatic rings. The summed E-state index contributed by atoms with van der Waals surface area (Å²) in [4.78, 5) is 23.8. The number of amides is 1. The third-order valence-corrected chi connectivity index (χ3v) is 8.86. The van der Waals surface area contributed by atoms with Gasteiger partial charge < -0.3 is 35.5 Å². The van der Waals surface area contributed by atoms with E-state index in [-0.39, 0.29) is 52.8 Å².